The minimum Gasteiger partial charge on any atom is -0.370 e. The third-order valence-electron chi connectivity index (χ3n) is 1.39. The highest BCUT2D eigenvalue weighted by Crippen LogP contribution is 2.16. The number of nitrogens with two attached hydrogens (primary N) is 2. The van der Waals surface area contributed by atoms with Gasteiger partial charge in [0.25, 0.3) is 0 Å². The Morgan fingerprint density at radius 1 is 1.29 bits per heavy atom. The molecule has 1 aromatic rings. The van der Waals surface area contributed by atoms with E-state index in [2.05, 4.69) is 20.9 Å². The average Bonchev–Trinajstić information content (AvgIpc) is 2.19. The van der Waals surface area contributed by atoms with Crippen LogP contribution in [0.3, 0.4) is 0 Å². The van der Waals surface area contributed by atoms with Gasteiger partial charge in [0.1, 0.15) is 0 Å². The van der Waals surface area contributed by atoms with Crippen LogP contribution in [0, 0.1) is 0 Å². The highest BCUT2D eigenvalue weighted by Gasteiger charge is 1.95. The number of guanidine groups is 1. The molecule has 0 aliphatic carbocycles. The van der Waals surface area contributed by atoms with Crippen LogP contribution in [0.1, 0.15) is 19.4 Å². The Bertz CT molecular complexity index is 293. The number of hydrogen-bond donors (Lipinski definition) is 2. The van der Waals surface area contributed by atoms with Crippen LogP contribution in [0.15, 0.2) is 33.7 Å². The lowest BCUT2D eigenvalue weighted by atomic mass is 10.2. The molecule has 0 aromatic heterocycles. The summed E-state index contributed by atoms with van der Waals surface area (Å²) in [6, 6.07) is 7.82. The monoisotopic (exact) mass is 257 g/mol. The fourth-order valence-electron chi connectivity index (χ4n) is 0.803. The van der Waals surface area contributed by atoms with E-state index in [0.29, 0.717) is 6.54 Å². The Hall–Kier alpha value is -1.03. The van der Waals surface area contributed by atoms with E-state index in [4.69, 9.17) is 11.5 Å². The fraction of sp³-hybridized carbons (Fsp3) is 0.300. The topological polar surface area (TPSA) is 64.4 Å². The second-order valence-corrected chi connectivity index (χ2v) is 3.19. The normalized spacial score (nSPS) is 8.50. The molecule has 4 heteroatoms. The molecule has 1 rings (SSSR count). The zero-order valence-electron chi connectivity index (χ0n) is 8.50. The molecule has 0 unspecified atom stereocenters. The van der Waals surface area contributed by atoms with Crippen molar-refractivity contribution in [2.45, 2.75) is 20.4 Å². The molecule has 0 saturated heterocycles. The number of benzene rings is 1. The van der Waals surface area contributed by atoms with E-state index in [9.17, 15) is 0 Å². The first-order chi connectivity index (χ1) is 6.70. The van der Waals surface area contributed by atoms with Gasteiger partial charge in [0, 0.05) is 4.47 Å². The summed E-state index contributed by atoms with van der Waals surface area (Å²) in [6.07, 6.45) is 0. The molecule has 0 aliphatic heterocycles. The Morgan fingerprint density at radius 3 is 2.36 bits per heavy atom. The summed E-state index contributed by atoms with van der Waals surface area (Å²) < 4.78 is 1.02. The van der Waals surface area contributed by atoms with Gasteiger partial charge in [-0.3, -0.25) is 0 Å². The third kappa shape index (κ3) is 4.87. The fourth-order valence-corrected chi connectivity index (χ4v) is 1.21. The highest BCUT2D eigenvalue weighted by molar-refractivity contribution is 9.10. The molecule has 0 heterocycles. The predicted molar refractivity (Wildman–Crippen MR) is 65.0 cm³/mol. The molecule has 0 atom stereocenters. The molecule has 78 valence electrons. The summed E-state index contributed by atoms with van der Waals surface area (Å²) >= 11 is 3.40. The van der Waals surface area contributed by atoms with Gasteiger partial charge in [0.15, 0.2) is 5.96 Å². The summed E-state index contributed by atoms with van der Waals surface area (Å²) in [7, 11) is 0. The number of aliphatic imine (C=N–C) groups is 1. The molecule has 14 heavy (non-hydrogen) atoms. The van der Waals surface area contributed by atoms with Crippen molar-refractivity contribution in [2.24, 2.45) is 16.5 Å². The lowest BCUT2D eigenvalue weighted by Gasteiger charge is -1.99. The molecule has 0 amide bonds. The quantitative estimate of drug-likeness (QED) is 0.631. The largest absolute Gasteiger partial charge is 0.370 e. The summed E-state index contributed by atoms with van der Waals surface area (Å²) in [5.41, 5.74) is 11.5. The van der Waals surface area contributed by atoms with Crippen LogP contribution in [0.4, 0.5) is 0 Å². The summed E-state index contributed by atoms with van der Waals surface area (Å²) in [4.78, 5) is 3.90. The minimum absolute atomic E-state index is 0.116. The summed E-state index contributed by atoms with van der Waals surface area (Å²) in [5.74, 6) is 0.116. The SMILES string of the molecule is CC.NC(N)=NCc1ccccc1Br. The first-order valence-corrected chi connectivity index (χ1v) is 5.28. The van der Waals surface area contributed by atoms with E-state index in [0.717, 1.165) is 10.0 Å². The van der Waals surface area contributed by atoms with Crippen molar-refractivity contribution >= 4 is 21.9 Å². The van der Waals surface area contributed by atoms with Crippen molar-refractivity contribution in [3.05, 3.63) is 34.3 Å². The van der Waals surface area contributed by atoms with E-state index in [1.54, 1.807) is 0 Å². The van der Waals surface area contributed by atoms with Crippen LogP contribution >= 0.6 is 15.9 Å². The van der Waals surface area contributed by atoms with Gasteiger partial charge < -0.3 is 11.5 Å². The molecule has 0 aliphatic rings. The lowest BCUT2D eigenvalue weighted by Crippen LogP contribution is -2.22. The van der Waals surface area contributed by atoms with Gasteiger partial charge in [-0.05, 0) is 11.6 Å². The van der Waals surface area contributed by atoms with Crippen molar-refractivity contribution in [2.75, 3.05) is 0 Å². The smallest absolute Gasteiger partial charge is 0.186 e. The van der Waals surface area contributed by atoms with Gasteiger partial charge in [-0.2, -0.15) is 0 Å². The molecule has 0 radical (unpaired) electrons. The molecule has 0 spiro atoms. The maximum absolute atomic E-state index is 5.20. The van der Waals surface area contributed by atoms with Crippen LogP contribution in [0.2, 0.25) is 0 Å². The van der Waals surface area contributed by atoms with Gasteiger partial charge >= 0.3 is 0 Å². The van der Waals surface area contributed by atoms with Crippen molar-refractivity contribution in [3.63, 3.8) is 0 Å². The Balaban J connectivity index is 0.000000791. The zero-order chi connectivity index (χ0) is 11.0. The van der Waals surface area contributed by atoms with Gasteiger partial charge in [0.2, 0.25) is 0 Å². The second-order valence-electron chi connectivity index (χ2n) is 2.33. The first-order valence-electron chi connectivity index (χ1n) is 4.49. The Morgan fingerprint density at radius 2 is 1.86 bits per heavy atom. The van der Waals surface area contributed by atoms with Crippen molar-refractivity contribution in [1.82, 2.24) is 0 Å². The summed E-state index contributed by atoms with van der Waals surface area (Å²) in [5, 5.41) is 0. The second kappa shape index (κ2) is 7.38. The molecule has 1 aromatic carbocycles. The van der Waals surface area contributed by atoms with Crippen molar-refractivity contribution < 1.29 is 0 Å². The molecule has 0 saturated carbocycles. The Kier molecular flexibility index (Phi) is 6.84. The molecule has 0 fully saturated rings. The predicted octanol–water partition coefficient (Wildman–Crippen LogP) is 2.25. The van der Waals surface area contributed by atoms with Gasteiger partial charge in [-0.1, -0.05) is 48.0 Å². The number of rotatable bonds is 2. The Labute approximate surface area is 93.3 Å². The van der Waals surface area contributed by atoms with Crippen LogP contribution in [-0.4, -0.2) is 5.96 Å². The average molecular weight is 258 g/mol. The molecule has 4 N–H and O–H groups in total. The van der Waals surface area contributed by atoms with Crippen LogP contribution < -0.4 is 11.5 Å². The van der Waals surface area contributed by atoms with E-state index in [1.165, 1.54) is 0 Å². The molecular weight excluding hydrogens is 242 g/mol. The molecular formula is C10H16BrN3. The number of halogens is 1. The van der Waals surface area contributed by atoms with Crippen LogP contribution in [0.25, 0.3) is 0 Å². The highest BCUT2D eigenvalue weighted by atomic mass is 79.9. The van der Waals surface area contributed by atoms with E-state index < -0.39 is 0 Å². The first kappa shape index (κ1) is 13.0. The van der Waals surface area contributed by atoms with Crippen molar-refractivity contribution in [3.8, 4) is 0 Å². The van der Waals surface area contributed by atoms with Crippen molar-refractivity contribution in [1.29, 1.82) is 0 Å². The lowest BCUT2D eigenvalue weighted by molar-refractivity contribution is 1.05. The minimum atomic E-state index is 0.116. The van der Waals surface area contributed by atoms with Crippen LogP contribution in [-0.2, 0) is 6.54 Å². The molecule has 0 bridgehead atoms. The van der Waals surface area contributed by atoms with Gasteiger partial charge in [-0.25, -0.2) is 4.99 Å². The molecule has 3 nitrogen and oxygen atoms in total. The van der Waals surface area contributed by atoms with E-state index in [1.807, 2.05) is 38.1 Å². The maximum Gasteiger partial charge on any atom is 0.186 e. The number of nitrogens with zero attached hydrogens (tertiary/aromatic N) is 1. The van der Waals surface area contributed by atoms with E-state index in [-0.39, 0.29) is 5.96 Å². The summed E-state index contributed by atoms with van der Waals surface area (Å²) in [6.45, 7) is 4.52. The zero-order valence-corrected chi connectivity index (χ0v) is 10.1. The maximum atomic E-state index is 5.20. The van der Waals surface area contributed by atoms with Crippen LogP contribution in [0.5, 0.6) is 0 Å². The number of hydrogen-bond acceptors (Lipinski definition) is 1. The van der Waals surface area contributed by atoms with Gasteiger partial charge in [0.05, 0.1) is 6.54 Å². The third-order valence-corrected chi connectivity index (χ3v) is 2.16. The van der Waals surface area contributed by atoms with Gasteiger partial charge in [-0.15, -0.1) is 0 Å². The standard InChI is InChI=1S/C8H10BrN3.C2H6/c9-7-4-2-1-3-6(7)5-12-8(10)11;1-2/h1-4H,5H2,(H4,10,11,12);1-2H3. The van der Waals surface area contributed by atoms with E-state index >= 15 is 0 Å².